The van der Waals surface area contributed by atoms with Gasteiger partial charge in [0.25, 0.3) is 0 Å². The predicted octanol–water partition coefficient (Wildman–Crippen LogP) is 5.57. The van der Waals surface area contributed by atoms with Crippen LogP contribution < -0.4 is 10.1 Å². The van der Waals surface area contributed by atoms with Gasteiger partial charge in [-0.2, -0.15) is 18.2 Å². The first kappa shape index (κ1) is 18.5. The lowest BCUT2D eigenvalue weighted by molar-refractivity contribution is -0.139. The molecule has 0 aliphatic rings. The number of benzene rings is 1. The third kappa shape index (κ3) is 5.36. The molecule has 0 amide bonds. The van der Waals surface area contributed by atoms with E-state index in [2.05, 4.69) is 31.2 Å². The normalized spacial score (nSPS) is 11.4. The highest BCUT2D eigenvalue weighted by molar-refractivity contribution is 9.10. The number of alkyl halides is 3. The zero-order valence-corrected chi connectivity index (χ0v) is 14.6. The summed E-state index contributed by atoms with van der Waals surface area (Å²) in [4.78, 5) is 7.62. The number of aromatic nitrogens is 2. The molecule has 0 unspecified atom stereocenters. The van der Waals surface area contributed by atoms with Crippen LogP contribution in [-0.4, -0.2) is 16.6 Å². The number of hydrogen-bond acceptors (Lipinski definition) is 4. The topological polar surface area (TPSA) is 47.0 Å². The Morgan fingerprint density at radius 1 is 1.25 bits per heavy atom. The number of nitrogens with one attached hydrogen (secondary N) is 1. The van der Waals surface area contributed by atoms with Gasteiger partial charge in [0.15, 0.2) is 0 Å². The van der Waals surface area contributed by atoms with Gasteiger partial charge in [-0.25, -0.2) is 4.98 Å². The summed E-state index contributed by atoms with van der Waals surface area (Å²) in [6.45, 7) is 2.19. The predicted molar refractivity (Wildman–Crippen MR) is 89.5 cm³/mol. The molecule has 0 saturated carbocycles. The van der Waals surface area contributed by atoms with Crippen molar-refractivity contribution >= 4 is 27.6 Å². The molecule has 4 nitrogen and oxygen atoms in total. The van der Waals surface area contributed by atoms with E-state index in [0.29, 0.717) is 12.1 Å². The van der Waals surface area contributed by atoms with Gasteiger partial charge in [0, 0.05) is 16.4 Å². The van der Waals surface area contributed by atoms with Crippen LogP contribution in [0.15, 0.2) is 34.9 Å². The maximum absolute atomic E-state index is 13.0. The Hall–Kier alpha value is -1.83. The molecule has 0 radical (unpaired) electrons. The van der Waals surface area contributed by atoms with E-state index in [1.807, 2.05) is 13.0 Å². The van der Waals surface area contributed by atoms with Crippen molar-refractivity contribution in [1.82, 2.24) is 9.97 Å². The minimum absolute atomic E-state index is 0.0478. The zero-order chi connectivity index (χ0) is 17.6. The summed E-state index contributed by atoms with van der Waals surface area (Å²) in [6, 6.07) is 7.15. The lowest BCUT2D eigenvalue weighted by atomic mass is 10.3. The molecule has 2 aromatic rings. The number of ether oxygens (including phenoxy) is 1. The van der Waals surface area contributed by atoms with Crippen LogP contribution in [0.3, 0.4) is 0 Å². The van der Waals surface area contributed by atoms with E-state index in [1.165, 1.54) is 0 Å². The Bertz CT molecular complexity index is 680. The van der Waals surface area contributed by atoms with Crippen molar-refractivity contribution in [2.45, 2.75) is 32.4 Å². The van der Waals surface area contributed by atoms with E-state index in [4.69, 9.17) is 4.74 Å². The van der Waals surface area contributed by atoms with Crippen LogP contribution >= 0.6 is 15.9 Å². The second-order valence-electron chi connectivity index (χ2n) is 5.10. The average molecular weight is 404 g/mol. The van der Waals surface area contributed by atoms with Crippen molar-refractivity contribution in [3.05, 3.63) is 40.5 Å². The Kier molecular flexibility index (Phi) is 6.42. The number of halogens is 4. The minimum atomic E-state index is -4.56. The SMILES string of the molecule is CCCCCOc1nc(Nc2cccc(Br)c2)ncc1C(F)(F)F. The first-order valence-electron chi connectivity index (χ1n) is 7.49. The second-order valence-corrected chi connectivity index (χ2v) is 6.02. The van der Waals surface area contributed by atoms with Crippen LogP contribution in [0.4, 0.5) is 24.8 Å². The first-order valence-corrected chi connectivity index (χ1v) is 8.29. The summed E-state index contributed by atoms with van der Waals surface area (Å²) >= 11 is 3.32. The molecule has 8 heteroatoms. The van der Waals surface area contributed by atoms with Crippen LogP contribution in [0, 0.1) is 0 Å². The molecule has 0 fully saturated rings. The highest BCUT2D eigenvalue weighted by Crippen LogP contribution is 2.35. The van der Waals surface area contributed by atoms with Crippen LogP contribution in [0.2, 0.25) is 0 Å². The third-order valence-corrected chi connectivity index (χ3v) is 3.62. The summed E-state index contributed by atoms with van der Waals surface area (Å²) in [5.74, 6) is -0.405. The molecule has 0 saturated heterocycles. The Morgan fingerprint density at radius 3 is 2.71 bits per heavy atom. The molecule has 0 aliphatic heterocycles. The largest absolute Gasteiger partial charge is 0.477 e. The molecular formula is C16H17BrF3N3O. The molecule has 1 aromatic carbocycles. The molecule has 1 N–H and O–H groups in total. The van der Waals surface area contributed by atoms with Gasteiger partial charge in [0.2, 0.25) is 11.8 Å². The molecule has 24 heavy (non-hydrogen) atoms. The summed E-state index contributed by atoms with van der Waals surface area (Å²) in [5, 5.41) is 2.87. The number of hydrogen-bond donors (Lipinski definition) is 1. The zero-order valence-electron chi connectivity index (χ0n) is 13.0. The molecule has 0 aliphatic carbocycles. The monoisotopic (exact) mass is 403 g/mol. The summed E-state index contributed by atoms with van der Waals surface area (Å²) in [7, 11) is 0. The average Bonchev–Trinajstić information content (AvgIpc) is 2.51. The van der Waals surface area contributed by atoms with E-state index in [-0.39, 0.29) is 12.6 Å². The van der Waals surface area contributed by atoms with Gasteiger partial charge < -0.3 is 10.1 Å². The van der Waals surface area contributed by atoms with Crippen molar-refractivity contribution in [2.24, 2.45) is 0 Å². The van der Waals surface area contributed by atoms with Gasteiger partial charge in [0.1, 0.15) is 5.56 Å². The molecule has 0 atom stereocenters. The van der Waals surface area contributed by atoms with Gasteiger partial charge >= 0.3 is 6.18 Å². The van der Waals surface area contributed by atoms with Crippen molar-refractivity contribution < 1.29 is 17.9 Å². The lowest BCUT2D eigenvalue weighted by Gasteiger charge is -2.14. The Balaban J connectivity index is 2.20. The van der Waals surface area contributed by atoms with Gasteiger partial charge in [-0.1, -0.05) is 41.8 Å². The summed E-state index contributed by atoms with van der Waals surface area (Å²) in [5.41, 5.74) is -0.320. The highest BCUT2D eigenvalue weighted by Gasteiger charge is 2.36. The Labute approximate surface area is 146 Å². The quantitative estimate of drug-likeness (QED) is 0.613. The standard InChI is InChI=1S/C16H17BrF3N3O/c1-2-3-4-8-24-14-13(16(18,19)20)10-21-15(23-14)22-12-7-5-6-11(17)9-12/h5-7,9-10H,2-4,8H2,1H3,(H,21,22,23). The molecule has 0 bridgehead atoms. The van der Waals surface area contributed by atoms with Crippen LogP contribution in [0.25, 0.3) is 0 Å². The molecule has 1 aromatic heterocycles. The van der Waals surface area contributed by atoms with Gasteiger partial charge in [-0.15, -0.1) is 0 Å². The van der Waals surface area contributed by atoms with Crippen molar-refractivity contribution in [3.8, 4) is 5.88 Å². The maximum atomic E-state index is 13.0. The van der Waals surface area contributed by atoms with Crippen molar-refractivity contribution in [3.63, 3.8) is 0 Å². The molecule has 2 rings (SSSR count). The van der Waals surface area contributed by atoms with E-state index < -0.39 is 17.6 Å². The number of nitrogens with zero attached hydrogens (tertiary/aromatic N) is 2. The smallest absolute Gasteiger partial charge is 0.423 e. The molecule has 0 spiro atoms. The molecule has 1 heterocycles. The second kappa shape index (κ2) is 8.32. The first-order chi connectivity index (χ1) is 11.4. The maximum Gasteiger partial charge on any atom is 0.423 e. The third-order valence-electron chi connectivity index (χ3n) is 3.13. The minimum Gasteiger partial charge on any atom is -0.477 e. The van der Waals surface area contributed by atoms with E-state index in [0.717, 1.165) is 23.5 Å². The Morgan fingerprint density at radius 2 is 2.04 bits per heavy atom. The van der Waals surface area contributed by atoms with Crippen LogP contribution in [-0.2, 0) is 6.18 Å². The van der Waals surface area contributed by atoms with E-state index in [9.17, 15) is 13.2 Å². The lowest BCUT2D eigenvalue weighted by Crippen LogP contribution is -2.13. The van der Waals surface area contributed by atoms with Crippen molar-refractivity contribution in [1.29, 1.82) is 0 Å². The van der Waals surface area contributed by atoms with Gasteiger partial charge in [-0.05, 0) is 24.6 Å². The van der Waals surface area contributed by atoms with E-state index in [1.54, 1.807) is 18.2 Å². The summed E-state index contributed by atoms with van der Waals surface area (Å²) < 4.78 is 45.2. The fourth-order valence-corrected chi connectivity index (χ4v) is 2.35. The number of unbranched alkanes of at least 4 members (excludes halogenated alkanes) is 2. The van der Waals surface area contributed by atoms with E-state index >= 15 is 0 Å². The fraction of sp³-hybridized carbons (Fsp3) is 0.375. The number of anilines is 2. The van der Waals surface area contributed by atoms with Crippen LogP contribution in [0.1, 0.15) is 31.7 Å². The highest BCUT2D eigenvalue weighted by atomic mass is 79.9. The van der Waals surface area contributed by atoms with Crippen molar-refractivity contribution in [2.75, 3.05) is 11.9 Å². The van der Waals surface area contributed by atoms with Crippen LogP contribution in [0.5, 0.6) is 5.88 Å². The fourth-order valence-electron chi connectivity index (χ4n) is 1.95. The summed E-state index contributed by atoms with van der Waals surface area (Å²) in [6.07, 6.45) is -1.31. The molecular weight excluding hydrogens is 387 g/mol. The molecule has 130 valence electrons. The van der Waals surface area contributed by atoms with Gasteiger partial charge in [-0.3, -0.25) is 0 Å². The number of rotatable bonds is 7. The van der Waals surface area contributed by atoms with Gasteiger partial charge in [0.05, 0.1) is 6.61 Å².